The van der Waals surface area contributed by atoms with Crippen LogP contribution in [-0.4, -0.2) is 35.3 Å². The van der Waals surface area contributed by atoms with Gasteiger partial charge in [-0.1, -0.05) is 36.4 Å². The monoisotopic (exact) mass is 476 g/mol. The van der Waals surface area contributed by atoms with Gasteiger partial charge in [-0.05, 0) is 78.7 Å². The van der Waals surface area contributed by atoms with E-state index in [0.717, 1.165) is 42.0 Å². The molecule has 180 valence electrons. The van der Waals surface area contributed by atoms with Crippen molar-refractivity contribution in [3.63, 3.8) is 0 Å². The number of fused-ring (bicyclic) bond motifs is 1. The van der Waals surface area contributed by atoms with E-state index in [4.69, 9.17) is 0 Å². The van der Waals surface area contributed by atoms with E-state index in [-0.39, 0.29) is 11.8 Å². The number of amides is 2. The minimum absolute atomic E-state index is 0.171. The molecule has 0 fully saturated rings. The fourth-order valence-electron chi connectivity index (χ4n) is 4.44. The largest absolute Gasteiger partial charge is 0.348 e. The summed E-state index contributed by atoms with van der Waals surface area (Å²) in [6, 6.07) is 26.5. The molecule has 1 aromatic heterocycles. The second-order valence-electron chi connectivity index (χ2n) is 9.10. The number of hydrogen-bond donors (Lipinski definition) is 2. The number of aromatic nitrogens is 1. The first-order valence-corrected chi connectivity index (χ1v) is 12.1. The Morgan fingerprint density at radius 3 is 2.53 bits per heavy atom. The quantitative estimate of drug-likeness (QED) is 0.414. The van der Waals surface area contributed by atoms with Gasteiger partial charge in [0.2, 0.25) is 0 Å². The van der Waals surface area contributed by atoms with Crippen LogP contribution in [0, 0.1) is 0 Å². The fourth-order valence-corrected chi connectivity index (χ4v) is 4.44. The summed E-state index contributed by atoms with van der Waals surface area (Å²) in [6.07, 6.45) is 2.76. The number of hydrogen-bond acceptors (Lipinski definition) is 4. The molecule has 0 spiro atoms. The summed E-state index contributed by atoms with van der Waals surface area (Å²) in [5.74, 6) is -0.350. The van der Waals surface area contributed by atoms with Crippen LogP contribution in [-0.2, 0) is 19.5 Å². The highest BCUT2D eigenvalue weighted by Gasteiger charge is 2.15. The first kappa shape index (κ1) is 23.5. The van der Waals surface area contributed by atoms with E-state index < -0.39 is 0 Å². The summed E-state index contributed by atoms with van der Waals surface area (Å²) in [7, 11) is 2.11. The van der Waals surface area contributed by atoms with Crippen LogP contribution in [0.25, 0.3) is 11.3 Å². The Morgan fingerprint density at radius 1 is 0.861 bits per heavy atom. The average Bonchev–Trinajstić information content (AvgIpc) is 2.92. The minimum Gasteiger partial charge on any atom is -0.348 e. The van der Waals surface area contributed by atoms with Crippen LogP contribution in [0.3, 0.4) is 0 Å². The molecule has 4 aromatic rings. The van der Waals surface area contributed by atoms with Crippen molar-refractivity contribution in [1.29, 1.82) is 0 Å². The van der Waals surface area contributed by atoms with E-state index in [2.05, 4.69) is 39.7 Å². The lowest BCUT2D eigenvalue weighted by Crippen LogP contribution is -2.26. The molecule has 5 rings (SSSR count). The fraction of sp³-hybridized carbons (Fsp3) is 0.167. The summed E-state index contributed by atoms with van der Waals surface area (Å²) < 4.78 is 0. The van der Waals surface area contributed by atoms with Gasteiger partial charge >= 0.3 is 0 Å². The zero-order valence-corrected chi connectivity index (χ0v) is 20.2. The van der Waals surface area contributed by atoms with Gasteiger partial charge in [0, 0.05) is 48.2 Å². The van der Waals surface area contributed by atoms with E-state index in [1.165, 1.54) is 11.1 Å². The zero-order chi connectivity index (χ0) is 24.9. The highest BCUT2D eigenvalue weighted by Crippen LogP contribution is 2.22. The summed E-state index contributed by atoms with van der Waals surface area (Å²) in [4.78, 5) is 32.3. The molecule has 0 saturated heterocycles. The first-order chi connectivity index (χ1) is 17.5. The van der Waals surface area contributed by atoms with E-state index >= 15 is 0 Å². The Labute approximate surface area is 211 Å². The van der Waals surface area contributed by atoms with E-state index in [9.17, 15) is 9.59 Å². The van der Waals surface area contributed by atoms with Crippen LogP contribution in [0.5, 0.6) is 0 Å². The van der Waals surface area contributed by atoms with E-state index in [0.29, 0.717) is 17.7 Å². The number of likely N-dealkylation sites (N-methyl/N-ethyl adjacent to an activating group) is 1. The lowest BCUT2D eigenvalue weighted by Gasteiger charge is -2.25. The summed E-state index contributed by atoms with van der Waals surface area (Å²) in [5.41, 5.74) is 7.05. The number of carbonyl (C=O) groups excluding carboxylic acids is 2. The van der Waals surface area contributed by atoms with Crippen molar-refractivity contribution in [2.45, 2.75) is 19.5 Å². The zero-order valence-electron chi connectivity index (χ0n) is 20.2. The molecule has 3 aromatic carbocycles. The van der Waals surface area contributed by atoms with Gasteiger partial charge in [0.15, 0.2) is 0 Å². The molecular formula is C30H28N4O2. The lowest BCUT2D eigenvalue weighted by atomic mass is 9.99. The molecule has 6 heteroatoms. The molecule has 0 bridgehead atoms. The van der Waals surface area contributed by atoms with Crippen molar-refractivity contribution in [2.75, 3.05) is 18.9 Å². The second kappa shape index (κ2) is 10.5. The van der Waals surface area contributed by atoms with E-state index in [1.807, 2.05) is 60.7 Å². The minimum atomic E-state index is -0.179. The van der Waals surface area contributed by atoms with Crippen molar-refractivity contribution in [1.82, 2.24) is 15.2 Å². The second-order valence-corrected chi connectivity index (χ2v) is 9.10. The number of anilines is 1. The van der Waals surface area contributed by atoms with Gasteiger partial charge < -0.3 is 15.5 Å². The van der Waals surface area contributed by atoms with Gasteiger partial charge in [0.1, 0.15) is 0 Å². The van der Waals surface area contributed by atoms with Crippen molar-refractivity contribution in [3.05, 3.63) is 119 Å². The smallest absolute Gasteiger partial charge is 0.255 e. The molecule has 1 aliphatic rings. The van der Waals surface area contributed by atoms with Crippen LogP contribution >= 0.6 is 0 Å². The molecule has 2 heterocycles. The summed E-state index contributed by atoms with van der Waals surface area (Å²) in [6.45, 7) is 2.26. The van der Waals surface area contributed by atoms with Crippen molar-refractivity contribution in [3.8, 4) is 11.3 Å². The molecule has 0 saturated carbocycles. The molecule has 2 amide bonds. The van der Waals surface area contributed by atoms with Crippen molar-refractivity contribution < 1.29 is 9.59 Å². The average molecular weight is 477 g/mol. The molecule has 0 atom stereocenters. The van der Waals surface area contributed by atoms with E-state index in [1.54, 1.807) is 18.3 Å². The predicted molar refractivity (Wildman–Crippen MR) is 142 cm³/mol. The third-order valence-corrected chi connectivity index (χ3v) is 6.39. The Morgan fingerprint density at radius 2 is 1.69 bits per heavy atom. The van der Waals surface area contributed by atoms with Crippen LogP contribution in [0.4, 0.5) is 5.69 Å². The molecule has 6 nitrogen and oxygen atoms in total. The number of rotatable bonds is 6. The Bertz CT molecular complexity index is 1400. The normalized spacial score (nSPS) is 13.0. The molecule has 0 radical (unpaired) electrons. The summed E-state index contributed by atoms with van der Waals surface area (Å²) >= 11 is 0. The Balaban J connectivity index is 1.22. The number of nitrogens with one attached hydrogen (secondary N) is 2. The van der Waals surface area contributed by atoms with Crippen LogP contribution in [0.1, 0.15) is 37.4 Å². The number of carbonyl (C=O) groups is 2. The molecule has 0 aliphatic carbocycles. The molecule has 36 heavy (non-hydrogen) atoms. The highest BCUT2D eigenvalue weighted by atomic mass is 16.2. The predicted octanol–water partition coefficient (Wildman–Crippen LogP) is 4.92. The maximum atomic E-state index is 12.9. The van der Waals surface area contributed by atoms with Crippen LogP contribution in [0.15, 0.2) is 91.1 Å². The Kier molecular flexibility index (Phi) is 6.87. The highest BCUT2D eigenvalue weighted by molar-refractivity contribution is 6.04. The molecular weight excluding hydrogens is 448 g/mol. The summed E-state index contributed by atoms with van der Waals surface area (Å²) in [5, 5.41) is 5.96. The van der Waals surface area contributed by atoms with Gasteiger partial charge in [-0.15, -0.1) is 0 Å². The standard InChI is InChI=1S/C30H28N4O2/c1-34-15-13-22-11-12-27(18-26(22)20-34)33-30(36)24-8-4-6-21(16-24)19-32-29(35)25-9-5-7-23(17-25)28-10-2-3-14-31-28/h2-12,14,16-18H,13,15,19-20H2,1H3,(H,32,35)(H,33,36). The maximum Gasteiger partial charge on any atom is 0.255 e. The van der Waals surface area contributed by atoms with Gasteiger partial charge in [-0.25, -0.2) is 0 Å². The third-order valence-electron chi connectivity index (χ3n) is 6.39. The molecule has 1 aliphatic heterocycles. The number of benzene rings is 3. The van der Waals surface area contributed by atoms with Crippen molar-refractivity contribution >= 4 is 17.5 Å². The molecule has 2 N–H and O–H groups in total. The molecule has 0 unspecified atom stereocenters. The first-order valence-electron chi connectivity index (χ1n) is 12.1. The Hall–Kier alpha value is -4.29. The number of pyridine rings is 1. The van der Waals surface area contributed by atoms with Gasteiger partial charge in [0.05, 0.1) is 5.69 Å². The van der Waals surface area contributed by atoms with Crippen LogP contribution in [0.2, 0.25) is 0 Å². The van der Waals surface area contributed by atoms with Crippen LogP contribution < -0.4 is 10.6 Å². The van der Waals surface area contributed by atoms with Gasteiger partial charge in [-0.3, -0.25) is 14.6 Å². The van der Waals surface area contributed by atoms with Gasteiger partial charge in [0.25, 0.3) is 11.8 Å². The topological polar surface area (TPSA) is 74.3 Å². The van der Waals surface area contributed by atoms with Crippen molar-refractivity contribution in [2.24, 2.45) is 0 Å². The maximum absolute atomic E-state index is 12.9. The third kappa shape index (κ3) is 5.50. The number of nitrogens with zero attached hydrogens (tertiary/aromatic N) is 2. The van der Waals surface area contributed by atoms with Gasteiger partial charge in [-0.2, -0.15) is 0 Å². The lowest BCUT2D eigenvalue weighted by molar-refractivity contribution is 0.0950. The SMILES string of the molecule is CN1CCc2ccc(NC(=O)c3cccc(CNC(=O)c4cccc(-c5ccccn5)c4)c3)cc2C1.